The van der Waals surface area contributed by atoms with Gasteiger partial charge in [0.05, 0.1) is 0 Å². The van der Waals surface area contributed by atoms with Gasteiger partial charge in [0.1, 0.15) is 0 Å². The van der Waals surface area contributed by atoms with Crippen molar-refractivity contribution >= 4 is 6.03 Å². The fraction of sp³-hybridized carbons (Fsp3) is 0.875. The minimum atomic E-state index is -0.436. The number of amides is 2. The fourth-order valence-electron chi connectivity index (χ4n) is 1.76. The van der Waals surface area contributed by atoms with E-state index in [-0.39, 0.29) is 0 Å². The van der Waals surface area contributed by atoms with Crippen molar-refractivity contribution in [1.29, 1.82) is 0 Å². The quantitative estimate of drug-likeness (QED) is 0.553. The van der Waals surface area contributed by atoms with E-state index in [2.05, 4.69) is 5.32 Å². The van der Waals surface area contributed by atoms with Gasteiger partial charge in [-0.1, -0.05) is 6.42 Å². The molecule has 12 heavy (non-hydrogen) atoms. The Labute approximate surface area is 72.7 Å². The second-order valence-electron chi connectivity index (χ2n) is 3.54. The molecule has 0 saturated heterocycles. The van der Waals surface area contributed by atoms with E-state index in [9.17, 15) is 4.79 Å². The molecule has 0 aliphatic heterocycles. The topological polar surface area (TPSA) is 81.1 Å². The molecule has 4 nitrogen and oxygen atoms in total. The SMILES string of the molecule is NC(=O)NCC1CCCC(N)C1. The summed E-state index contributed by atoms with van der Waals surface area (Å²) in [6.07, 6.45) is 4.47. The van der Waals surface area contributed by atoms with Crippen molar-refractivity contribution in [1.82, 2.24) is 5.32 Å². The van der Waals surface area contributed by atoms with Gasteiger partial charge >= 0.3 is 6.03 Å². The van der Waals surface area contributed by atoms with Crippen LogP contribution in [0.3, 0.4) is 0 Å². The van der Waals surface area contributed by atoms with Crippen LogP contribution in [0.1, 0.15) is 25.7 Å². The first kappa shape index (κ1) is 9.32. The molecule has 0 radical (unpaired) electrons. The van der Waals surface area contributed by atoms with Crippen molar-refractivity contribution in [3.8, 4) is 0 Å². The summed E-state index contributed by atoms with van der Waals surface area (Å²) in [5.74, 6) is 0.529. The standard InChI is InChI=1S/C8H17N3O/c9-7-3-1-2-6(4-7)5-11-8(10)12/h6-7H,1-5,9H2,(H3,10,11,12). The summed E-state index contributed by atoms with van der Waals surface area (Å²) in [6, 6.07) is -0.118. The zero-order valence-corrected chi connectivity index (χ0v) is 7.25. The molecule has 70 valence electrons. The summed E-state index contributed by atoms with van der Waals surface area (Å²) >= 11 is 0. The third kappa shape index (κ3) is 3.09. The molecule has 2 amide bonds. The molecule has 1 aliphatic rings. The average Bonchev–Trinajstić information content (AvgIpc) is 2.01. The van der Waals surface area contributed by atoms with Crippen molar-refractivity contribution in [2.75, 3.05) is 6.54 Å². The van der Waals surface area contributed by atoms with E-state index in [1.54, 1.807) is 0 Å². The maximum Gasteiger partial charge on any atom is 0.312 e. The third-order valence-corrected chi connectivity index (χ3v) is 2.39. The maximum atomic E-state index is 10.4. The number of carbonyl (C=O) groups excluding carboxylic acids is 1. The molecular weight excluding hydrogens is 154 g/mol. The van der Waals surface area contributed by atoms with Crippen molar-refractivity contribution in [3.63, 3.8) is 0 Å². The number of primary amides is 1. The Balaban J connectivity index is 2.18. The molecule has 5 N–H and O–H groups in total. The van der Waals surface area contributed by atoms with E-state index < -0.39 is 6.03 Å². The van der Waals surface area contributed by atoms with Gasteiger partial charge in [0.25, 0.3) is 0 Å². The minimum absolute atomic E-state index is 0.318. The van der Waals surface area contributed by atoms with Crippen LogP contribution in [-0.2, 0) is 0 Å². The van der Waals surface area contributed by atoms with Crippen LogP contribution in [-0.4, -0.2) is 18.6 Å². The van der Waals surface area contributed by atoms with Crippen LogP contribution in [0.4, 0.5) is 4.79 Å². The molecule has 1 saturated carbocycles. The predicted octanol–water partition coefficient (Wildman–Crippen LogP) is 0.172. The average molecular weight is 171 g/mol. The molecule has 0 aromatic carbocycles. The Morgan fingerprint density at radius 3 is 2.83 bits per heavy atom. The smallest absolute Gasteiger partial charge is 0.312 e. The number of hydrogen-bond acceptors (Lipinski definition) is 2. The highest BCUT2D eigenvalue weighted by atomic mass is 16.2. The molecular formula is C8H17N3O. The lowest BCUT2D eigenvalue weighted by molar-refractivity contribution is 0.242. The number of hydrogen-bond donors (Lipinski definition) is 3. The lowest BCUT2D eigenvalue weighted by Crippen LogP contribution is -2.37. The Morgan fingerprint density at radius 2 is 2.25 bits per heavy atom. The van der Waals surface area contributed by atoms with Gasteiger partial charge in [-0.05, 0) is 25.2 Å². The highest BCUT2D eigenvalue weighted by molar-refractivity contribution is 5.71. The van der Waals surface area contributed by atoms with E-state index in [1.165, 1.54) is 6.42 Å². The van der Waals surface area contributed by atoms with Crippen LogP contribution in [0.25, 0.3) is 0 Å². The first-order chi connectivity index (χ1) is 5.68. The minimum Gasteiger partial charge on any atom is -0.352 e. The van der Waals surface area contributed by atoms with Crippen LogP contribution >= 0.6 is 0 Å². The lowest BCUT2D eigenvalue weighted by Gasteiger charge is -2.26. The Morgan fingerprint density at radius 1 is 1.50 bits per heavy atom. The van der Waals surface area contributed by atoms with Gasteiger partial charge in [0, 0.05) is 12.6 Å². The third-order valence-electron chi connectivity index (χ3n) is 2.39. The molecule has 2 atom stereocenters. The van der Waals surface area contributed by atoms with E-state index in [0.717, 1.165) is 19.3 Å². The number of rotatable bonds is 2. The second-order valence-corrected chi connectivity index (χ2v) is 3.54. The van der Waals surface area contributed by atoms with Gasteiger partial charge in [0.2, 0.25) is 0 Å². The molecule has 0 heterocycles. The highest BCUT2D eigenvalue weighted by Crippen LogP contribution is 2.21. The van der Waals surface area contributed by atoms with Gasteiger partial charge in [-0.25, -0.2) is 4.79 Å². The van der Waals surface area contributed by atoms with Gasteiger partial charge in [0.15, 0.2) is 0 Å². The Kier molecular flexibility index (Phi) is 3.34. The summed E-state index contributed by atoms with van der Waals surface area (Å²) in [7, 11) is 0. The van der Waals surface area contributed by atoms with Gasteiger partial charge < -0.3 is 16.8 Å². The van der Waals surface area contributed by atoms with Crippen LogP contribution in [0, 0.1) is 5.92 Å². The number of carbonyl (C=O) groups is 1. The fourth-order valence-corrected chi connectivity index (χ4v) is 1.76. The Bertz CT molecular complexity index is 160. The summed E-state index contributed by atoms with van der Waals surface area (Å²) in [6.45, 7) is 0.684. The van der Waals surface area contributed by atoms with E-state index in [4.69, 9.17) is 11.5 Å². The van der Waals surface area contributed by atoms with Gasteiger partial charge in [-0.15, -0.1) is 0 Å². The number of nitrogens with two attached hydrogens (primary N) is 2. The monoisotopic (exact) mass is 171 g/mol. The second kappa shape index (κ2) is 4.30. The molecule has 0 spiro atoms. The van der Waals surface area contributed by atoms with E-state index >= 15 is 0 Å². The summed E-state index contributed by atoms with van der Waals surface area (Å²) in [4.78, 5) is 10.4. The zero-order chi connectivity index (χ0) is 8.97. The zero-order valence-electron chi connectivity index (χ0n) is 7.25. The Hall–Kier alpha value is -0.770. The summed E-state index contributed by atoms with van der Waals surface area (Å²) in [5.41, 5.74) is 10.8. The van der Waals surface area contributed by atoms with Crippen LogP contribution in [0.15, 0.2) is 0 Å². The number of urea groups is 1. The van der Waals surface area contributed by atoms with Crippen LogP contribution < -0.4 is 16.8 Å². The first-order valence-corrected chi connectivity index (χ1v) is 4.47. The first-order valence-electron chi connectivity index (χ1n) is 4.47. The van der Waals surface area contributed by atoms with E-state index in [0.29, 0.717) is 18.5 Å². The van der Waals surface area contributed by atoms with Crippen molar-refractivity contribution < 1.29 is 4.79 Å². The number of nitrogens with one attached hydrogen (secondary N) is 1. The van der Waals surface area contributed by atoms with Crippen LogP contribution in [0.2, 0.25) is 0 Å². The van der Waals surface area contributed by atoms with Crippen molar-refractivity contribution in [3.05, 3.63) is 0 Å². The predicted molar refractivity (Wildman–Crippen MR) is 47.5 cm³/mol. The molecule has 1 aliphatic carbocycles. The van der Waals surface area contributed by atoms with Crippen molar-refractivity contribution in [2.24, 2.45) is 17.4 Å². The largest absolute Gasteiger partial charge is 0.352 e. The maximum absolute atomic E-state index is 10.4. The van der Waals surface area contributed by atoms with E-state index in [1.807, 2.05) is 0 Å². The van der Waals surface area contributed by atoms with Crippen LogP contribution in [0.5, 0.6) is 0 Å². The summed E-state index contributed by atoms with van der Waals surface area (Å²) in [5, 5.41) is 2.62. The molecule has 0 aromatic heterocycles. The summed E-state index contributed by atoms with van der Waals surface area (Å²) < 4.78 is 0. The van der Waals surface area contributed by atoms with Crippen molar-refractivity contribution in [2.45, 2.75) is 31.7 Å². The molecule has 0 bridgehead atoms. The van der Waals surface area contributed by atoms with Gasteiger partial charge in [-0.3, -0.25) is 0 Å². The highest BCUT2D eigenvalue weighted by Gasteiger charge is 2.18. The molecule has 1 fully saturated rings. The molecule has 4 heteroatoms. The molecule has 2 unspecified atom stereocenters. The molecule has 1 rings (SSSR count). The lowest BCUT2D eigenvalue weighted by atomic mass is 9.86. The van der Waals surface area contributed by atoms with Gasteiger partial charge in [-0.2, -0.15) is 0 Å². The normalized spacial score (nSPS) is 29.8. The molecule has 0 aromatic rings.